The van der Waals surface area contributed by atoms with Gasteiger partial charge in [0.25, 0.3) is 0 Å². The van der Waals surface area contributed by atoms with Crippen LogP contribution in [-0.2, 0) is 0 Å². The zero-order valence-electron chi connectivity index (χ0n) is 4.02. The van der Waals surface area contributed by atoms with Crippen LogP contribution in [0.1, 0.15) is 13.8 Å². The summed E-state index contributed by atoms with van der Waals surface area (Å²) in [7, 11) is 0. The van der Waals surface area contributed by atoms with Gasteiger partial charge in [-0.05, 0) is 6.92 Å². The van der Waals surface area contributed by atoms with Crippen LogP contribution in [-0.4, -0.2) is 0 Å². The quantitative estimate of drug-likeness (QED) is 0.392. The van der Waals surface area contributed by atoms with Gasteiger partial charge in [0.2, 0.25) is 0 Å². The lowest BCUT2D eigenvalue weighted by molar-refractivity contribution is 1.48. The lowest BCUT2D eigenvalue weighted by Crippen LogP contribution is -1.53. The van der Waals surface area contributed by atoms with E-state index in [0.29, 0.717) is 0 Å². The molecule has 32 valence electrons. The summed E-state index contributed by atoms with van der Waals surface area (Å²) < 4.78 is 0. The molecule has 0 unspecified atom stereocenters. The second-order valence-electron chi connectivity index (χ2n) is 1.04. The van der Waals surface area contributed by atoms with Crippen molar-refractivity contribution in [2.24, 2.45) is 0 Å². The van der Waals surface area contributed by atoms with Gasteiger partial charge in [-0.25, -0.2) is 4.85 Å². The summed E-state index contributed by atoms with van der Waals surface area (Å²) in [6.07, 6.45) is 1.78. The highest BCUT2D eigenvalue weighted by Crippen LogP contribution is 1.88. The zero-order valence-corrected chi connectivity index (χ0v) is 4.02. The van der Waals surface area contributed by atoms with Gasteiger partial charge in [-0.2, -0.15) is 0 Å². The fourth-order valence-corrected chi connectivity index (χ4v) is 0.0645. The summed E-state index contributed by atoms with van der Waals surface area (Å²) in [5.74, 6) is 0. The van der Waals surface area contributed by atoms with Crippen molar-refractivity contribution in [2.45, 2.75) is 13.8 Å². The van der Waals surface area contributed by atoms with Crippen molar-refractivity contribution in [3.63, 3.8) is 0 Å². The molecular weight excluding hydrogens is 74.1 g/mol. The Morgan fingerprint density at radius 1 is 1.83 bits per heavy atom. The Balaban J connectivity index is 3.61. The van der Waals surface area contributed by atoms with E-state index >= 15 is 0 Å². The fourth-order valence-electron chi connectivity index (χ4n) is 0.0645. The van der Waals surface area contributed by atoms with Crippen molar-refractivity contribution in [3.05, 3.63) is 23.2 Å². The van der Waals surface area contributed by atoms with E-state index in [9.17, 15) is 0 Å². The van der Waals surface area contributed by atoms with Crippen molar-refractivity contribution in [1.82, 2.24) is 0 Å². The van der Waals surface area contributed by atoms with Crippen LogP contribution in [0.4, 0.5) is 0 Å². The smallest absolute Gasteiger partial charge is 0.158 e. The highest BCUT2D eigenvalue weighted by atomic mass is 14.6. The van der Waals surface area contributed by atoms with Crippen LogP contribution in [0.3, 0.4) is 0 Å². The third kappa shape index (κ3) is 1.54. The minimum Gasteiger partial charge on any atom is -0.243 e. The van der Waals surface area contributed by atoms with E-state index in [-0.39, 0.29) is 0 Å². The van der Waals surface area contributed by atoms with Crippen molar-refractivity contribution in [3.8, 4) is 0 Å². The Kier molecular flexibility index (Phi) is 2.15. The third-order valence-corrected chi connectivity index (χ3v) is 0.594. The Morgan fingerprint density at radius 3 is 2.33 bits per heavy atom. The van der Waals surface area contributed by atoms with E-state index < -0.39 is 0 Å². The summed E-state index contributed by atoms with van der Waals surface area (Å²) in [6.45, 7) is 10.0. The van der Waals surface area contributed by atoms with Crippen molar-refractivity contribution >= 4 is 0 Å². The molecule has 0 heterocycles. The molecule has 0 saturated carbocycles. The fraction of sp³-hybridized carbons (Fsp3) is 0.400. The van der Waals surface area contributed by atoms with E-state index in [1.54, 1.807) is 13.0 Å². The first-order valence-electron chi connectivity index (χ1n) is 1.81. The number of hydrogen-bond donors (Lipinski definition) is 0. The average Bonchev–Trinajstić information content (AvgIpc) is 1.65. The highest BCUT2D eigenvalue weighted by Gasteiger charge is 1.71. The van der Waals surface area contributed by atoms with Crippen LogP contribution in [0.2, 0.25) is 0 Å². The number of hydrogen-bond acceptors (Lipinski definition) is 0. The van der Waals surface area contributed by atoms with E-state index in [0.717, 1.165) is 5.70 Å². The van der Waals surface area contributed by atoms with Gasteiger partial charge in [0.05, 0.1) is 6.57 Å². The first kappa shape index (κ1) is 5.23. The molecule has 6 heavy (non-hydrogen) atoms. The molecule has 0 fully saturated rings. The molecule has 1 heteroatoms. The summed E-state index contributed by atoms with van der Waals surface area (Å²) in [4.78, 5) is 3.12. The predicted octanol–water partition coefficient (Wildman–Crippen LogP) is 1.83. The van der Waals surface area contributed by atoms with Gasteiger partial charge in [-0.3, -0.25) is 0 Å². The molecule has 0 aromatic heterocycles. The van der Waals surface area contributed by atoms with E-state index in [1.807, 2.05) is 6.92 Å². The molecule has 0 aliphatic rings. The molecule has 0 aliphatic carbocycles. The van der Waals surface area contributed by atoms with Gasteiger partial charge in [0.15, 0.2) is 5.70 Å². The minimum atomic E-state index is 0.759. The maximum atomic E-state index is 6.37. The first-order valence-corrected chi connectivity index (χ1v) is 1.81. The summed E-state index contributed by atoms with van der Waals surface area (Å²) in [5.41, 5.74) is 0.759. The Bertz CT molecular complexity index is 95.0. The van der Waals surface area contributed by atoms with Crippen molar-refractivity contribution < 1.29 is 0 Å². The Morgan fingerprint density at radius 2 is 2.33 bits per heavy atom. The molecule has 0 saturated heterocycles. The van der Waals surface area contributed by atoms with Crippen molar-refractivity contribution in [1.29, 1.82) is 0 Å². The lowest BCUT2D eigenvalue weighted by Gasteiger charge is -1.71. The molecule has 0 atom stereocenters. The van der Waals surface area contributed by atoms with Crippen LogP contribution < -0.4 is 0 Å². The second kappa shape index (κ2) is 2.47. The number of nitrogens with zero attached hydrogens (tertiary/aromatic N) is 1. The maximum absolute atomic E-state index is 6.37. The lowest BCUT2D eigenvalue weighted by atomic mass is 10.5. The summed E-state index contributed by atoms with van der Waals surface area (Å²) >= 11 is 0. The van der Waals surface area contributed by atoms with Crippen molar-refractivity contribution in [2.75, 3.05) is 0 Å². The van der Waals surface area contributed by atoms with Crippen LogP contribution in [0.25, 0.3) is 4.85 Å². The molecule has 0 radical (unpaired) electrons. The molecule has 0 aliphatic heterocycles. The van der Waals surface area contributed by atoms with Crippen LogP contribution in [0, 0.1) is 6.57 Å². The third-order valence-electron chi connectivity index (χ3n) is 0.594. The number of rotatable bonds is 0. The Hall–Kier alpha value is -0.770. The first-order chi connectivity index (χ1) is 2.81. The van der Waals surface area contributed by atoms with Gasteiger partial charge in [0.1, 0.15) is 0 Å². The molecule has 0 aromatic rings. The summed E-state index contributed by atoms with van der Waals surface area (Å²) in [5, 5.41) is 0. The van der Waals surface area contributed by atoms with Gasteiger partial charge in [-0.15, -0.1) is 0 Å². The molecule has 1 nitrogen and oxygen atoms in total. The van der Waals surface area contributed by atoms with Crippen LogP contribution >= 0.6 is 0 Å². The van der Waals surface area contributed by atoms with Crippen LogP contribution in [0.5, 0.6) is 0 Å². The molecule has 0 spiro atoms. The molecular formula is C5H7N. The normalized spacial score (nSPS) is 10.5. The van der Waals surface area contributed by atoms with Gasteiger partial charge in [-0.1, -0.05) is 13.0 Å². The molecule has 0 rings (SSSR count). The zero-order chi connectivity index (χ0) is 4.99. The van der Waals surface area contributed by atoms with E-state index in [2.05, 4.69) is 4.85 Å². The second-order valence-corrected chi connectivity index (χ2v) is 1.04. The largest absolute Gasteiger partial charge is 0.243 e. The topological polar surface area (TPSA) is 4.36 Å². The minimum absolute atomic E-state index is 0.759. The van der Waals surface area contributed by atoms with Gasteiger partial charge >= 0.3 is 0 Å². The summed E-state index contributed by atoms with van der Waals surface area (Å²) in [6, 6.07) is 0. The average molecular weight is 81.1 g/mol. The molecule has 0 aromatic carbocycles. The highest BCUT2D eigenvalue weighted by molar-refractivity contribution is 5.03. The molecule has 0 N–H and O–H groups in total. The molecule has 0 bridgehead atoms. The Labute approximate surface area is 38.1 Å². The van der Waals surface area contributed by atoms with E-state index in [4.69, 9.17) is 6.57 Å². The van der Waals surface area contributed by atoms with Crippen LogP contribution in [0.15, 0.2) is 11.8 Å². The monoisotopic (exact) mass is 81.1 g/mol. The maximum Gasteiger partial charge on any atom is 0.158 e. The van der Waals surface area contributed by atoms with Gasteiger partial charge in [0, 0.05) is 0 Å². The molecule has 0 amide bonds. The predicted molar refractivity (Wildman–Crippen MR) is 26.0 cm³/mol. The SMILES string of the molecule is [C-]#[N+]/C(C)=C/C. The van der Waals surface area contributed by atoms with E-state index in [1.165, 1.54) is 0 Å². The number of allylic oxidation sites excluding steroid dienone is 2. The van der Waals surface area contributed by atoms with Gasteiger partial charge < -0.3 is 0 Å². The standard InChI is InChI=1S/C5H7N/c1-4-5(2)6-3/h4H,1-2H3/b5-4+.